The van der Waals surface area contributed by atoms with E-state index in [2.05, 4.69) is 15.1 Å². The quantitative estimate of drug-likeness (QED) is 0.907. The molecule has 0 radical (unpaired) electrons. The number of phenols is 1. The fourth-order valence-corrected chi connectivity index (χ4v) is 2.83. The number of anilines is 1. The number of halogens is 2. The Labute approximate surface area is 133 Å². The van der Waals surface area contributed by atoms with Crippen molar-refractivity contribution in [3.8, 4) is 17.0 Å². The molecule has 1 aromatic heterocycles. The lowest BCUT2D eigenvalue weighted by molar-refractivity contribution is 0.469. The Morgan fingerprint density at radius 2 is 1.77 bits per heavy atom. The van der Waals surface area contributed by atoms with Crippen molar-refractivity contribution in [1.29, 1.82) is 0 Å². The van der Waals surface area contributed by atoms with Crippen molar-refractivity contribution in [2.75, 3.05) is 18.0 Å². The lowest BCUT2D eigenvalue weighted by atomic mass is 10.1. The van der Waals surface area contributed by atoms with Crippen molar-refractivity contribution >= 4 is 17.4 Å². The van der Waals surface area contributed by atoms with Crippen LogP contribution in [0.15, 0.2) is 24.3 Å². The number of benzene rings is 1. The van der Waals surface area contributed by atoms with E-state index in [0.29, 0.717) is 5.69 Å². The highest BCUT2D eigenvalue weighted by atomic mass is 35.5. The molecule has 1 saturated heterocycles. The van der Waals surface area contributed by atoms with Gasteiger partial charge in [-0.05, 0) is 31.0 Å². The normalized spacial score (nSPS) is 15.6. The van der Waals surface area contributed by atoms with E-state index < -0.39 is 5.82 Å². The zero-order valence-corrected chi connectivity index (χ0v) is 12.9. The third-order valence-electron chi connectivity index (χ3n) is 3.89. The molecule has 1 aliphatic rings. The summed E-state index contributed by atoms with van der Waals surface area (Å²) in [7, 11) is 0. The van der Waals surface area contributed by atoms with Gasteiger partial charge in [0.05, 0.1) is 10.7 Å². The summed E-state index contributed by atoms with van der Waals surface area (Å²) in [6.45, 7) is 1.96. The van der Waals surface area contributed by atoms with Crippen molar-refractivity contribution in [3.63, 3.8) is 0 Å². The minimum absolute atomic E-state index is 0.0924. The predicted octanol–water partition coefficient (Wildman–Crippen LogP) is 4.02. The van der Waals surface area contributed by atoms with Gasteiger partial charge in [0.25, 0.3) is 0 Å². The van der Waals surface area contributed by atoms with E-state index in [1.807, 2.05) is 6.07 Å². The number of phenolic OH excluding ortho intramolecular Hbond substituents is 1. The first-order valence-corrected chi connectivity index (χ1v) is 7.80. The standard InChI is InChI=1S/C16H17ClFN3O/c17-12-9-11(13(18)10-15(12)22)14-5-6-16(20-19-14)21-7-3-1-2-4-8-21/h5-6,9-10,22H,1-4,7-8H2. The first kappa shape index (κ1) is 15.0. The van der Waals surface area contributed by atoms with Gasteiger partial charge < -0.3 is 10.0 Å². The second-order valence-corrected chi connectivity index (χ2v) is 5.87. The fourth-order valence-electron chi connectivity index (χ4n) is 2.67. The van der Waals surface area contributed by atoms with Crippen molar-refractivity contribution in [2.45, 2.75) is 25.7 Å². The van der Waals surface area contributed by atoms with E-state index in [0.717, 1.165) is 37.8 Å². The molecule has 116 valence electrons. The SMILES string of the molecule is Oc1cc(F)c(-c2ccc(N3CCCCCC3)nn2)cc1Cl. The highest BCUT2D eigenvalue weighted by Gasteiger charge is 2.14. The summed E-state index contributed by atoms with van der Waals surface area (Å²) in [6, 6.07) is 5.94. The maximum Gasteiger partial charge on any atom is 0.151 e. The fraction of sp³-hybridized carbons (Fsp3) is 0.375. The van der Waals surface area contributed by atoms with E-state index >= 15 is 0 Å². The summed E-state index contributed by atoms with van der Waals surface area (Å²) in [4.78, 5) is 2.21. The molecule has 2 heterocycles. The maximum atomic E-state index is 13.9. The van der Waals surface area contributed by atoms with E-state index in [1.165, 1.54) is 18.9 Å². The number of hydrogen-bond donors (Lipinski definition) is 1. The molecule has 0 spiro atoms. The first-order valence-electron chi connectivity index (χ1n) is 7.42. The third-order valence-corrected chi connectivity index (χ3v) is 4.20. The van der Waals surface area contributed by atoms with Gasteiger partial charge >= 0.3 is 0 Å². The average molecular weight is 322 g/mol. The summed E-state index contributed by atoms with van der Waals surface area (Å²) in [5, 5.41) is 17.8. The molecule has 1 N–H and O–H groups in total. The molecule has 4 nitrogen and oxygen atoms in total. The minimum atomic E-state index is -0.571. The van der Waals surface area contributed by atoms with Gasteiger partial charge in [-0.15, -0.1) is 10.2 Å². The molecule has 1 aromatic carbocycles. The van der Waals surface area contributed by atoms with E-state index in [-0.39, 0.29) is 16.3 Å². The highest BCUT2D eigenvalue weighted by molar-refractivity contribution is 6.32. The van der Waals surface area contributed by atoms with Gasteiger partial charge in [0, 0.05) is 24.7 Å². The molecule has 0 saturated carbocycles. The van der Waals surface area contributed by atoms with Crippen LogP contribution >= 0.6 is 11.6 Å². The van der Waals surface area contributed by atoms with Crippen LogP contribution in [0, 0.1) is 5.82 Å². The minimum Gasteiger partial charge on any atom is -0.506 e. The summed E-state index contributed by atoms with van der Waals surface area (Å²) >= 11 is 5.83. The van der Waals surface area contributed by atoms with Gasteiger partial charge in [-0.3, -0.25) is 0 Å². The van der Waals surface area contributed by atoms with Gasteiger partial charge in [-0.2, -0.15) is 0 Å². The van der Waals surface area contributed by atoms with Crippen LogP contribution < -0.4 is 4.90 Å². The Balaban J connectivity index is 1.86. The van der Waals surface area contributed by atoms with Gasteiger partial charge in [0.1, 0.15) is 11.6 Å². The highest BCUT2D eigenvalue weighted by Crippen LogP contribution is 2.31. The van der Waals surface area contributed by atoms with Crippen LogP contribution in [0.5, 0.6) is 5.75 Å². The Morgan fingerprint density at radius 1 is 1.05 bits per heavy atom. The second kappa shape index (κ2) is 6.48. The van der Waals surface area contributed by atoms with Crippen molar-refractivity contribution in [1.82, 2.24) is 10.2 Å². The van der Waals surface area contributed by atoms with Crippen LogP contribution in [-0.2, 0) is 0 Å². The molecule has 0 atom stereocenters. The molecule has 1 aliphatic heterocycles. The Morgan fingerprint density at radius 3 is 2.41 bits per heavy atom. The lowest BCUT2D eigenvalue weighted by Crippen LogP contribution is -2.25. The lowest BCUT2D eigenvalue weighted by Gasteiger charge is -2.20. The molecule has 0 amide bonds. The monoisotopic (exact) mass is 321 g/mol. The molecule has 3 rings (SSSR count). The molecule has 0 aliphatic carbocycles. The smallest absolute Gasteiger partial charge is 0.151 e. The van der Waals surface area contributed by atoms with Crippen LogP contribution in [0.2, 0.25) is 5.02 Å². The van der Waals surface area contributed by atoms with Gasteiger partial charge in [-0.1, -0.05) is 24.4 Å². The Kier molecular flexibility index (Phi) is 4.43. The number of rotatable bonds is 2. The Bertz CT molecular complexity index is 655. The van der Waals surface area contributed by atoms with Crippen LogP contribution in [0.4, 0.5) is 10.2 Å². The molecule has 22 heavy (non-hydrogen) atoms. The zero-order valence-electron chi connectivity index (χ0n) is 12.1. The Hall–Kier alpha value is -1.88. The summed E-state index contributed by atoms with van der Waals surface area (Å²) in [5.74, 6) is -0.0354. The van der Waals surface area contributed by atoms with Gasteiger partial charge in [-0.25, -0.2) is 4.39 Å². The predicted molar refractivity (Wildman–Crippen MR) is 84.8 cm³/mol. The van der Waals surface area contributed by atoms with Crippen LogP contribution in [0.3, 0.4) is 0 Å². The van der Waals surface area contributed by atoms with Gasteiger partial charge in [0.2, 0.25) is 0 Å². The number of nitrogens with zero attached hydrogens (tertiary/aromatic N) is 3. The van der Waals surface area contributed by atoms with E-state index in [1.54, 1.807) is 6.07 Å². The van der Waals surface area contributed by atoms with Crippen molar-refractivity contribution in [2.24, 2.45) is 0 Å². The van der Waals surface area contributed by atoms with E-state index in [9.17, 15) is 9.50 Å². The molecule has 6 heteroatoms. The van der Waals surface area contributed by atoms with Gasteiger partial charge in [0.15, 0.2) is 5.82 Å². The topological polar surface area (TPSA) is 49.2 Å². The largest absolute Gasteiger partial charge is 0.506 e. The number of aromatic hydroxyl groups is 1. The molecular formula is C16H17ClFN3O. The molecular weight excluding hydrogens is 305 g/mol. The van der Waals surface area contributed by atoms with Crippen LogP contribution in [0.25, 0.3) is 11.3 Å². The molecule has 2 aromatic rings. The average Bonchev–Trinajstić information content (AvgIpc) is 2.80. The molecule has 0 bridgehead atoms. The molecule has 1 fully saturated rings. The zero-order chi connectivity index (χ0) is 15.5. The number of aromatic nitrogens is 2. The van der Waals surface area contributed by atoms with E-state index in [4.69, 9.17) is 11.6 Å². The second-order valence-electron chi connectivity index (χ2n) is 5.46. The van der Waals surface area contributed by atoms with Crippen LogP contribution in [-0.4, -0.2) is 28.4 Å². The van der Waals surface area contributed by atoms with Crippen LogP contribution in [0.1, 0.15) is 25.7 Å². The molecule has 0 unspecified atom stereocenters. The third kappa shape index (κ3) is 3.14. The first-order chi connectivity index (χ1) is 10.6. The van der Waals surface area contributed by atoms with Crippen molar-refractivity contribution < 1.29 is 9.50 Å². The summed E-state index contributed by atoms with van der Waals surface area (Å²) in [6.07, 6.45) is 4.82. The number of hydrogen-bond acceptors (Lipinski definition) is 4. The van der Waals surface area contributed by atoms with Crippen molar-refractivity contribution in [3.05, 3.63) is 35.1 Å². The maximum absolute atomic E-state index is 13.9. The summed E-state index contributed by atoms with van der Waals surface area (Å²) in [5.41, 5.74) is 0.635. The summed E-state index contributed by atoms with van der Waals surface area (Å²) < 4.78 is 13.9.